The molecule has 0 saturated heterocycles. The summed E-state index contributed by atoms with van der Waals surface area (Å²) in [5.74, 6) is 0.666. The summed E-state index contributed by atoms with van der Waals surface area (Å²) in [5, 5.41) is 7.37. The van der Waals surface area contributed by atoms with Crippen molar-refractivity contribution in [3.8, 4) is 5.75 Å². The van der Waals surface area contributed by atoms with Gasteiger partial charge in [0.15, 0.2) is 0 Å². The quantitative estimate of drug-likeness (QED) is 0.839. The summed E-state index contributed by atoms with van der Waals surface area (Å²) in [6.07, 6.45) is 0. The van der Waals surface area contributed by atoms with E-state index < -0.39 is 0 Å². The van der Waals surface area contributed by atoms with Crippen molar-refractivity contribution in [2.24, 2.45) is 7.05 Å². The van der Waals surface area contributed by atoms with Crippen molar-refractivity contribution in [1.29, 1.82) is 0 Å². The smallest absolute Gasteiger partial charge is 0.269 e. The maximum atomic E-state index is 12.4. The first kappa shape index (κ1) is 18.5. The highest BCUT2D eigenvalue weighted by molar-refractivity contribution is 9.10. The third-order valence-electron chi connectivity index (χ3n) is 3.63. The molecule has 6 heteroatoms. The SMILES string of the molecule is CCOc1ccc(CNC(=O)c2cc(C(C)(C)C)nn2C)cc1Br. The highest BCUT2D eigenvalue weighted by Crippen LogP contribution is 2.26. The molecule has 0 spiro atoms. The lowest BCUT2D eigenvalue weighted by atomic mass is 9.92. The zero-order chi connectivity index (χ0) is 17.9. The molecule has 1 heterocycles. The second kappa shape index (κ2) is 7.38. The minimum Gasteiger partial charge on any atom is -0.493 e. The number of halogens is 1. The van der Waals surface area contributed by atoms with E-state index in [0.29, 0.717) is 18.8 Å². The first-order valence-electron chi connectivity index (χ1n) is 7.96. The Balaban J connectivity index is 2.06. The van der Waals surface area contributed by atoms with Gasteiger partial charge in [0, 0.05) is 19.0 Å². The number of nitrogens with one attached hydrogen (secondary N) is 1. The van der Waals surface area contributed by atoms with Crippen molar-refractivity contribution in [1.82, 2.24) is 15.1 Å². The molecule has 0 radical (unpaired) electrons. The summed E-state index contributed by atoms with van der Waals surface area (Å²) in [7, 11) is 1.79. The predicted molar refractivity (Wildman–Crippen MR) is 98.4 cm³/mol. The van der Waals surface area contributed by atoms with Gasteiger partial charge in [-0.15, -0.1) is 0 Å². The van der Waals surface area contributed by atoms with Crippen LogP contribution in [0.1, 0.15) is 49.4 Å². The number of ether oxygens (including phenoxy) is 1. The Morgan fingerprint density at radius 2 is 2.04 bits per heavy atom. The molecule has 24 heavy (non-hydrogen) atoms. The second-order valence-electron chi connectivity index (χ2n) is 6.67. The van der Waals surface area contributed by atoms with E-state index in [1.165, 1.54) is 0 Å². The van der Waals surface area contributed by atoms with Gasteiger partial charge in [-0.1, -0.05) is 26.8 Å². The van der Waals surface area contributed by atoms with Crippen LogP contribution in [0.5, 0.6) is 5.75 Å². The van der Waals surface area contributed by atoms with Crippen LogP contribution >= 0.6 is 15.9 Å². The molecule has 130 valence electrons. The number of aryl methyl sites for hydroxylation is 1. The van der Waals surface area contributed by atoms with Crippen LogP contribution in [0, 0.1) is 0 Å². The van der Waals surface area contributed by atoms with Crippen molar-refractivity contribution in [2.45, 2.75) is 39.7 Å². The summed E-state index contributed by atoms with van der Waals surface area (Å²) >= 11 is 3.49. The van der Waals surface area contributed by atoms with E-state index in [1.54, 1.807) is 11.7 Å². The fourth-order valence-electron chi connectivity index (χ4n) is 2.25. The summed E-state index contributed by atoms with van der Waals surface area (Å²) < 4.78 is 8.00. The number of aromatic nitrogens is 2. The van der Waals surface area contributed by atoms with Crippen molar-refractivity contribution in [3.05, 3.63) is 45.7 Å². The third-order valence-corrected chi connectivity index (χ3v) is 4.25. The molecule has 0 fully saturated rings. The molecule has 0 atom stereocenters. The lowest BCUT2D eigenvalue weighted by molar-refractivity contribution is 0.0941. The zero-order valence-electron chi connectivity index (χ0n) is 14.8. The first-order chi connectivity index (χ1) is 11.2. The van der Waals surface area contributed by atoms with Crippen molar-refractivity contribution in [2.75, 3.05) is 6.61 Å². The molecule has 1 aromatic carbocycles. The van der Waals surface area contributed by atoms with Gasteiger partial charge in [0.1, 0.15) is 11.4 Å². The van der Waals surface area contributed by atoms with Crippen LogP contribution < -0.4 is 10.1 Å². The molecular weight excluding hydrogens is 370 g/mol. The normalized spacial score (nSPS) is 11.4. The number of amides is 1. The molecule has 0 unspecified atom stereocenters. The number of rotatable bonds is 5. The lowest BCUT2D eigenvalue weighted by Gasteiger charge is -2.13. The van der Waals surface area contributed by atoms with Crippen LogP contribution in [-0.2, 0) is 19.0 Å². The summed E-state index contributed by atoms with van der Waals surface area (Å²) in [5.41, 5.74) is 2.37. The highest BCUT2D eigenvalue weighted by Gasteiger charge is 2.21. The molecule has 0 aliphatic rings. The van der Waals surface area contributed by atoms with E-state index in [2.05, 4.69) is 47.1 Å². The summed E-state index contributed by atoms with van der Waals surface area (Å²) in [4.78, 5) is 12.4. The zero-order valence-corrected chi connectivity index (χ0v) is 16.4. The highest BCUT2D eigenvalue weighted by atomic mass is 79.9. The Kier molecular flexibility index (Phi) is 5.70. The topological polar surface area (TPSA) is 56.1 Å². The molecule has 0 aliphatic heterocycles. The maximum Gasteiger partial charge on any atom is 0.269 e. The molecule has 1 N–H and O–H groups in total. The van der Waals surface area contributed by atoms with Gasteiger partial charge >= 0.3 is 0 Å². The second-order valence-corrected chi connectivity index (χ2v) is 7.52. The number of nitrogens with zero attached hydrogens (tertiary/aromatic N) is 2. The average molecular weight is 394 g/mol. The van der Waals surface area contributed by atoms with Crippen LogP contribution in [-0.4, -0.2) is 22.3 Å². The number of carbonyl (C=O) groups excluding carboxylic acids is 1. The Morgan fingerprint density at radius 1 is 1.33 bits per heavy atom. The average Bonchev–Trinajstić information content (AvgIpc) is 2.90. The van der Waals surface area contributed by atoms with Crippen LogP contribution in [0.15, 0.2) is 28.7 Å². The number of hydrogen-bond donors (Lipinski definition) is 1. The maximum absolute atomic E-state index is 12.4. The Bertz CT molecular complexity index is 732. The molecule has 0 bridgehead atoms. The first-order valence-corrected chi connectivity index (χ1v) is 8.75. The largest absolute Gasteiger partial charge is 0.493 e. The van der Waals surface area contributed by atoms with Gasteiger partial charge in [-0.3, -0.25) is 9.48 Å². The van der Waals surface area contributed by atoms with E-state index in [0.717, 1.165) is 21.5 Å². The molecule has 5 nitrogen and oxygen atoms in total. The molecule has 0 saturated carbocycles. The van der Waals surface area contributed by atoms with Gasteiger partial charge in [0.05, 0.1) is 16.8 Å². The number of carbonyl (C=O) groups is 1. The lowest BCUT2D eigenvalue weighted by Crippen LogP contribution is -2.25. The van der Waals surface area contributed by atoms with Crippen molar-refractivity contribution in [3.63, 3.8) is 0 Å². The predicted octanol–water partition coefficient (Wildman–Crippen LogP) is 3.81. The Morgan fingerprint density at radius 3 is 2.58 bits per heavy atom. The van der Waals surface area contributed by atoms with Crippen LogP contribution in [0.3, 0.4) is 0 Å². The van der Waals surface area contributed by atoms with Gasteiger partial charge in [-0.2, -0.15) is 5.10 Å². The third kappa shape index (κ3) is 4.38. The fourth-order valence-corrected chi connectivity index (χ4v) is 2.79. The molecule has 1 amide bonds. The van der Waals surface area contributed by atoms with Gasteiger partial charge in [0.25, 0.3) is 5.91 Å². The molecule has 2 rings (SSSR count). The summed E-state index contributed by atoms with van der Waals surface area (Å²) in [6.45, 7) is 9.24. The van der Waals surface area contributed by atoms with Crippen LogP contribution in [0.4, 0.5) is 0 Å². The number of benzene rings is 1. The molecule has 1 aromatic heterocycles. The minimum absolute atomic E-state index is 0.0870. The van der Waals surface area contributed by atoms with E-state index >= 15 is 0 Å². The van der Waals surface area contributed by atoms with Gasteiger partial charge in [-0.05, 0) is 46.6 Å². The monoisotopic (exact) mass is 393 g/mol. The molecular formula is C18H24BrN3O2. The van der Waals surface area contributed by atoms with Crippen LogP contribution in [0.2, 0.25) is 0 Å². The van der Waals surface area contributed by atoms with Crippen molar-refractivity contribution < 1.29 is 9.53 Å². The van der Waals surface area contributed by atoms with Gasteiger partial charge in [0.2, 0.25) is 0 Å². The Hall–Kier alpha value is -1.82. The van der Waals surface area contributed by atoms with E-state index in [1.807, 2.05) is 31.2 Å². The molecule has 0 aliphatic carbocycles. The fraction of sp³-hybridized carbons (Fsp3) is 0.444. The molecule has 2 aromatic rings. The van der Waals surface area contributed by atoms with Crippen LogP contribution in [0.25, 0.3) is 0 Å². The Labute approximate surface area is 151 Å². The van der Waals surface area contributed by atoms with Gasteiger partial charge < -0.3 is 10.1 Å². The minimum atomic E-state index is -0.134. The van der Waals surface area contributed by atoms with E-state index in [9.17, 15) is 4.79 Å². The number of hydrogen-bond acceptors (Lipinski definition) is 3. The summed E-state index contributed by atoms with van der Waals surface area (Å²) in [6, 6.07) is 7.65. The van der Waals surface area contributed by atoms with E-state index in [4.69, 9.17) is 4.74 Å². The van der Waals surface area contributed by atoms with Crippen molar-refractivity contribution >= 4 is 21.8 Å². The standard InChI is InChI=1S/C18H24BrN3O2/c1-6-24-15-8-7-12(9-13(15)19)11-20-17(23)14-10-16(18(2,3)4)21-22(14)5/h7-10H,6,11H2,1-5H3,(H,20,23). The van der Waals surface area contributed by atoms with Gasteiger partial charge in [-0.25, -0.2) is 0 Å². The van der Waals surface area contributed by atoms with E-state index in [-0.39, 0.29) is 11.3 Å².